The summed E-state index contributed by atoms with van der Waals surface area (Å²) in [6.45, 7) is 11.5. The van der Waals surface area contributed by atoms with Crippen LogP contribution in [0.3, 0.4) is 0 Å². The zero-order valence-corrected chi connectivity index (χ0v) is 13.6. The molecule has 1 amide bonds. The Bertz CT molecular complexity index is 346. The van der Waals surface area contributed by atoms with Crippen LogP contribution in [0.4, 0.5) is 0 Å². The van der Waals surface area contributed by atoms with Crippen molar-refractivity contribution in [2.24, 2.45) is 11.3 Å². The molecule has 0 spiro atoms. The van der Waals surface area contributed by atoms with E-state index in [0.29, 0.717) is 25.5 Å². The minimum absolute atomic E-state index is 0.0947. The van der Waals surface area contributed by atoms with Crippen molar-refractivity contribution in [1.82, 2.24) is 4.90 Å². The summed E-state index contributed by atoms with van der Waals surface area (Å²) < 4.78 is 5.06. The van der Waals surface area contributed by atoms with Crippen LogP contribution < -0.4 is 0 Å². The van der Waals surface area contributed by atoms with Crippen molar-refractivity contribution in [2.75, 3.05) is 13.2 Å². The first kappa shape index (κ1) is 17.0. The van der Waals surface area contributed by atoms with Crippen LogP contribution in [-0.4, -0.2) is 36.0 Å². The van der Waals surface area contributed by atoms with Gasteiger partial charge < -0.3 is 9.64 Å². The molecule has 4 nitrogen and oxygen atoms in total. The van der Waals surface area contributed by atoms with Gasteiger partial charge in [0.1, 0.15) is 6.04 Å². The number of esters is 1. The molecule has 2 unspecified atom stereocenters. The smallest absolute Gasteiger partial charge is 0.328 e. The van der Waals surface area contributed by atoms with Gasteiger partial charge in [0, 0.05) is 13.0 Å². The van der Waals surface area contributed by atoms with E-state index in [1.807, 2.05) is 0 Å². The van der Waals surface area contributed by atoms with Crippen molar-refractivity contribution >= 4 is 11.9 Å². The summed E-state index contributed by atoms with van der Waals surface area (Å²) in [4.78, 5) is 26.0. The highest BCUT2D eigenvalue weighted by molar-refractivity contribution is 5.85. The number of nitrogens with zero attached hydrogens (tertiary/aromatic N) is 1. The third-order valence-corrected chi connectivity index (χ3v) is 3.62. The van der Waals surface area contributed by atoms with Crippen molar-refractivity contribution in [2.45, 2.75) is 66.3 Å². The Balaban J connectivity index is 2.55. The first-order chi connectivity index (χ1) is 9.24. The van der Waals surface area contributed by atoms with Gasteiger partial charge in [-0.05, 0) is 37.5 Å². The molecule has 20 heavy (non-hydrogen) atoms. The van der Waals surface area contributed by atoms with Gasteiger partial charge in [-0.2, -0.15) is 0 Å². The third kappa shape index (κ3) is 5.14. The summed E-state index contributed by atoms with van der Waals surface area (Å²) in [5, 5.41) is 0. The molecule has 116 valence electrons. The summed E-state index contributed by atoms with van der Waals surface area (Å²) in [6, 6.07) is -0.357. The molecule has 1 rings (SSSR count). The summed E-state index contributed by atoms with van der Waals surface area (Å²) >= 11 is 0. The maximum atomic E-state index is 12.4. The van der Waals surface area contributed by atoms with Gasteiger partial charge in [0.25, 0.3) is 0 Å². The van der Waals surface area contributed by atoms with Crippen molar-refractivity contribution < 1.29 is 14.3 Å². The van der Waals surface area contributed by atoms with Gasteiger partial charge in [0.15, 0.2) is 0 Å². The van der Waals surface area contributed by atoms with Gasteiger partial charge in [-0.1, -0.05) is 27.7 Å². The topological polar surface area (TPSA) is 46.6 Å². The maximum Gasteiger partial charge on any atom is 0.328 e. The molecule has 1 fully saturated rings. The molecule has 0 radical (unpaired) electrons. The zero-order valence-electron chi connectivity index (χ0n) is 13.6. The Kier molecular flexibility index (Phi) is 6.03. The van der Waals surface area contributed by atoms with Crippen LogP contribution in [0, 0.1) is 11.3 Å². The standard InChI is InChI=1S/C16H29NO3/c1-6-20-15(19)13-8-7-9-17(13)14(18)10-12(2)11-16(3,4)5/h12-13H,6-11H2,1-5H3. The first-order valence-corrected chi connectivity index (χ1v) is 7.70. The number of hydrogen-bond donors (Lipinski definition) is 0. The van der Waals surface area contributed by atoms with Gasteiger partial charge in [0.05, 0.1) is 6.61 Å². The molecule has 1 saturated heterocycles. The van der Waals surface area contributed by atoms with E-state index in [0.717, 1.165) is 19.3 Å². The number of carbonyl (C=O) groups is 2. The van der Waals surface area contributed by atoms with Crippen LogP contribution in [-0.2, 0) is 14.3 Å². The monoisotopic (exact) mass is 283 g/mol. The number of hydrogen-bond acceptors (Lipinski definition) is 3. The second-order valence-electron chi connectivity index (χ2n) is 7.07. The number of likely N-dealkylation sites (tertiary alicyclic amines) is 1. The van der Waals surface area contributed by atoms with E-state index in [4.69, 9.17) is 4.74 Å². The third-order valence-electron chi connectivity index (χ3n) is 3.62. The lowest BCUT2D eigenvalue weighted by atomic mass is 9.84. The van der Waals surface area contributed by atoms with Crippen LogP contribution in [0.1, 0.15) is 60.3 Å². The van der Waals surface area contributed by atoms with Gasteiger partial charge in [-0.25, -0.2) is 4.79 Å². The molecule has 0 aliphatic carbocycles. The molecule has 0 N–H and O–H groups in total. The zero-order chi connectivity index (χ0) is 15.3. The highest BCUT2D eigenvalue weighted by Crippen LogP contribution is 2.28. The Hall–Kier alpha value is -1.06. The quantitative estimate of drug-likeness (QED) is 0.729. The van der Waals surface area contributed by atoms with Crippen LogP contribution in [0.5, 0.6) is 0 Å². The molecule has 0 aromatic heterocycles. The Morgan fingerprint density at radius 1 is 1.35 bits per heavy atom. The minimum atomic E-state index is -0.357. The molecule has 0 aromatic rings. The van der Waals surface area contributed by atoms with E-state index in [1.54, 1.807) is 11.8 Å². The van der Waals surface area contributed by atoms with Crippen LogP contribution in [0.15, 0.2) is 0 Å². The minimum Gasteiger partial charge on any atom is -0.464 e. The van der Waals surface area contributed by atoms with Gasteiger partial charge >= 0.3 is 5.97 Å². The maximum absolute atomic E-state index is 12.4. The lowest BCUT2D eigenvalue weighted by Crippen LogP contribution is -2.42. The van der Waals surface area contributed by atoms with Gasteiger partial charge in [-0.3, -0.25) is 4.79 Å². The lowest BCUT2D eigenvalue weighted by Gasteiger charge is -2.27. The summed E-state index contributed by atoms with van der Waals surface area (Å²) in [7, 11) is 0. The van der Waals surface area contributed by atoms with Crippen molar-refractivity contribution in [3.63, 3.8) is 0 Å². The number of ether oxygens (including phenoxy) is 1. The molecule has 0 aromatic carbocycles. The van der Waals surface area contributed by atoms with Gasteiger partial charge in [-0.15, -0.1) is 0 Å². The number of rotatable bonds is 5. The predicted octanol–water partition coefficient (Wildman–Crippen LogP) is 3.00. The fourth-order valence-electron chi connectivity index (χ4n) is 3.08. The highest BCUT2D eigenvalue weighted by atomic mass is 16.5. The highest BCUT2D eigenvalue weighted by Gasteiger charge is 2.35. The molecule has 2 atom stereocenters. The Morgan fingerprint density at radius 2 is 2.00 bits per heavy atom. The van der Waals surface area contributed by atoms with E-state index in [2.05, 4.69) is 27.7 Å². The largest absolute Gasteiger partial charge is 0.464 e. The summed E-state index contributed by atoms with van der Waals surface area (Å²) in [5.41, 5.74) is 0.227. The van der Waals surface area contributed by atoms with Crippen molar-refractivity contribution in [1.29, 1.82) is 0 Å². The predicted molar refractivity (Wildman–Crippen MR) is 79.2 cm³/mol. The lowest BCUT2D eigenvalue weighted by molar-refractivity contribution is -0.153. The molecule has 4 heteroatoms. The normalized spacial score (nSPS) is 20.9. The Morgan fingerprint density at radius 3 is 2.55 bits per heavy atom. The molecule has 0 saturated carbocycles. The van der Waals surface area contributed by atoms with Crippen LogP contribution >= 0.6 is 0 Å². The Labute approximate surface area is 122 Å². The number of amides is 1. The molecular formula is C16H29NO3. The molecule has 0 bridgehead atoms. The molecule has 1 heterocycles. The SMILES string of the molecule is CCOC(=O)C1CCCN1C(=O)CC(C)CC(C)(C)C. The fraction of sp³-hybridized carbons (Fsp3) is 0.875. The van der Waals surface area contributed by atoms with E-state index in [-0.39, 0.29) is 23.3 Å². The van der Waals surface area contributed by atoms with Crippen LogP contribution in [0.2, 0.25) is 0 Å². The van der Waals surface area contributed by atoms with Gasteiger partial charge in [0.2, 0.25) is 5.91 Å². The van der Waals surface area contributed by atoms with Crippen molar-refractivity contribution in [3.05, 3.63) is 0 Å². The average Bonchev–Trinajstić information content (AvgIpc) is 2.75. The fourth-order valence-corrected chi connectivity index (χ4v) is 3.08. The number of carbonyl (C=O) groups excluding carboxylic acids is 2. The average molecular weight is 283 g/mol. The van der Waals surface area contributed by atoms with E-state index in [1.165, 1.54) is 0 Å². The molecule has 1 aliphatic rings. The second kappa shape index (κ2) is 7.09. The summed E-state index contributed by atoms with van der Waals surface area (Å²) in [5.74, 6) is 0.185. The molecular weight excluding hydrogens is 254 g/mol. The van der Waals surface area contributed by atoms with Crippen LogP contribution in [0.25, 0.3) is 0 Å². The van der Waals surface area contributed by atoms with E-state index in [9.17, 15) is 9.59 Å². The van der Waals surface area contributed by atoms with E-state index >= 15 is 0 Å². The van der Waals surface area contributed by atoms with E-state index < -0.39 is 0 Å². The van der Waals surface area contributed by atoms with Crippen molar-refractivity contribution in [3.8, 4) is 0 Å². The first-order valence-electron chi connectivity index (χ1n) is 7.70. The molecule has 1 aliphatic heterocycles. The summed E-state index contributed by atoms with van der Waals surface area (Å²) in [6.07, 6.45) is 3.16. The second-order valence-corrected chi connectivity index (χ2v) is 7.07.